The van der Waals surface area contributed by atoms with Crippen LogP contribution in [0.5, 0.6) is 5.75 Å². The van der Waals surface area contributed by atoms with Gasteiger partial charge in [0.2, 0.25) is 0 Å². The molecule has 1 fully saturated rings. The standard InChI is InChI=1S/C33H34FN3O4/c1-4-21-32(5-2)29(38)28(34)30(41-32)37-22-20-27(35-31(37)39)36-33(23-12-8-6-9-13-23,24-14-10-7-11-15-24)25-16-18-26(40-3)19-17-25/h4,6-20,22,28-30,38H,1,5,21H2,2-3H3,(H,35,36,39)/t28-,29+,30-,32+/m1/s1. The number of nitrogens with one attached hydrogen (secondary N) is 1. The topological polar surface area (TPSA) is 85.6 Å². The number of alkyl halides is 1. The van der Waals surface area contributed by atoms with Gasteiger partial charge in [-0.1, -0.05) is 85.8 Å². The van der Waals surface area contributed by atoms with Gasteiger partial charge in [-0.25, -0.2) is 9.18 Å². The fourth-order valence-corrected chi connectivity index (χ4v) is 5.68. The number of nitrogens with zero attached hydrogens (tertiary/aromatic N) is 2. The van der Waals surface area contributed by atoms with Crippen LogP contribution in [0.1, 0.15) is 42.7 Å². The number of benzene rings is 3. The van der Waals surface area contributed by atoms with Crippen LogP contribution in [0, 0.1) is 0 Å². The van der Waals surface area contributed by atoms with Crippen LogP contribution in [0.15, 0.2) is 115 Å². The number of anilines is 1. The maximum absolute atomic E-state index is 15.3. The first-order valence-electron chi connectivity index (χ1n) is 13.6. The zero-order chi connectivity index (χ0) is 29.0. The van der Waals surface area contributed by atoms with Crippen molar-refractivity contribution in [3.8, 4) is 5.75 Å². The van der Waals surface area contributed by atoms with Crippen molar-refractivity contribution in [3.63, 3.8) is 0 Å². The Hall–Kier alpha value is -4.27. The van der Waals surface area contributed by atoms with E-state index in [0.717, 1.165) is 21.3 Å². The summed E-state index contributed by atoms with van der Waals surface area (Å²) < 4.78 is 27.8. The van der Waals surface area contributed by atoms with Crippen LogP contribution in [0.4, 0.5) is 10.2 Å². The van der Waals surface area contributed by atoms with Gasteiger partial charge in [0.25, 0.3) is 0 Å². The van der Waals surface area contributed by atoms with Crippen LogP contribution in [0.25, 0.3) is 0 Å². The molecule has 41 heavy (non-hydrogen) atoms. The van der Waals surface area contributed by atoms with E-state index in [9.17, 15) is 9.90 Å². The van der Waals surface area contributed by atoms with E-state index in [4.69, 9.17) is 9.47 Å². The van der Waals surface area contributed by atoms with E-state index in [1.54, 1.807) is 19.3 Å². The predicted molar refractivity (Wildman–Crippen MR) is 157 cm³/mol. The molecule has 1 saturated heterocycles. The molecule has 1 aliphatic rings. The molecular formula is C33H34FN3O4. The normalized spacial score (nSPS) is 22.3. The second kappa shape index (κ2) is 11.7. The molecule has 1 aliphatic heterocycles. The van der Waals surface area contributed by atoms with Crippen molar-refractivity contribution in [3.05, 3.63) is 137 Å². The molecule has 0 saturated carbocycles. The van der Waals surface area contributed by atoms with E-state index in [1.165, 1.54) is 6.20 Å². The number of rotatable bonds is 10. The minimum Gasteiger partial charge on any atom is -0.497 e. The van der Waals surface area contributed by atoms with Gasteiger partial charge in [-0.2, -0.15) is 4.98 Å². The Bertz CT molecular complexity index is 1490. The molecule has 0 radical (unpaired) electrons. The summed E-state index contributed by atoms with van der Waals surface area (Å²) in [6.07, 6.45) is -0.870. The van der Waals surface area contributed by atoms with Crippen LogP contribution >= 0.6 is 0 Å². The minimum absolute atomic E-state index is 0.252. The summed E-state index contributed by atoms with van der Waals surface area (Å²) in [7, 11) is 1.62. The summed E-state index contributed by atoms with van der Waals surface area (Å²) in [5.74, 6) is 1.00. The Balaban J connectivity index is 1.60. The molecule has 5 rings (SSSR count). The molecule has 2 heterocycles. The Kier molecular flexibility index (Phi) is 8.06. The summed E-state index contributed by atoms with van der Waals surface area (Å²) in [4.78, 5) is 17.7. The van der Waals surface area contributed by atoms with Crippen molar-refractivity contribution >= 4 is 5.82 Å². The summed E-state index contributed by atoms with van der Waals surface area (Å²) in [5.41, 5.74) is -0.0670. The van der Waals surface area contributed by atoms with Gasteiger partial charge in [0.05, 0.1) is 7.11 Å². The SMILES string of the molecule is C=CC[C@]1(CC)O[C@@H](n2ccc(NC(c3ccccc3)(c3ccccc3)c3ccc(OC)cc3)nc2=O)[C@H](F)[C@@H]1O. The van der Waals surface area contributed by atoms with E-state index >= 15 is 4.39 Å². The molecule has 7 nitrogen and oxygen atoms in total. The van der Waals surface area contributed by atoms with E-state index in [0.29, 0.717) is 12.2 Å². The van der Waals surface area contributed by atoms with Crippen LogP contribution in [0.3, 0.4) is 0 Å². The van der Waals surface area contributed by atoms with Gasteiger partial charge in [-0.3, -0.25) is 4.57 Å². The van der Waals surface area contributed by atoms with Crippen LogP contribution < -0.4 is 15.7 Å². The maximum Gasteiger partial charge on any atom is 0.351 e. The molecule has 4 aromatic rings. The van der Waals surface area contributed by atoms with E-state index in [1.807, 2.05) is 91.9 Å². The third kappa shape index (κ3) is 5.05. The predicted octanol–water partition coefficient (Wildman–Crippen LogP) is 5.61. The van der Waals surface area contributed by atoms with Crippen molar-refractivity contribution < 1.29 is 19.0 Å². The number of hydrogen-bond acceptors (Lipinski definition) is 6. The van der Waals surface area contributed by atoms with Crippen molar-refractivity contribution in [2.24, 2.45) is 0 Å². The number of aliphatic hydroxyl groups excluding tert-OH is 1. The zero-order valence-electron chi connectivity index (χ0n) is 23.1. The van der Waals surface area contributed by atoms with Gasteiger partial charge < -0.3 is 19.9 Å². The van der Waals surface area contributed by atoms with E-state index < -0.39 is 35.3 Å². The molecule has 0 unspecified atom stereocenters. The first-order chi connectivity index (χ1) is 19.9. The van der Waals surface area contributed by atoms with Crippen molar-refractivity contribution in [2.75, 3.05) is 12.4 Å². The second-order valence-electron chi connectivity index (χ2n) is 10.1. The van der Waals surface area contributed by atoms with Crippen LogP contribution in [-0.2, 0) is 10.3 Å². The van der Waals surface area contributed by atoms with Crippen molar-refractivity contribution in [1.29, 1.82) is 0 Å². The number of aromatic nitrogens is 2. The lowest BCUT2D eigenvalue weighted by Crippen LogP contribution is -2.41. The smallest absolute Gasteiger partial charge is 0.351 e. The number of aliphatic hydroxyl groups is 1. The number of methoxy groups -OCH3 is 1. The fourth-order valence-electron chi connectivity index (χ4n) is 5.68. The molecule has 0 bridgehead atoms. The zero-order valence-corrected chi connectivity index (χ0v) is 23.1. The number of ether oxygens (including phenoxy) is 2. The monoisotopic (exact) mass is 555 g/mol. The average Bonchev–Trinajstić information content (AvgIpc) is 3.26. The van der Waals surface area contributed by atoms with Crippen molar-refractivity contribution in [2.45, 2.75) is 49.4 Å². The molecule has 3 aromatic carbocycles. The van der Waals surface area contributed by atoms with Gasteiger partial charge in [0.1, 0.15) is 28.8 Å². The first-order valence-corrected chi connectivity index (χ1v) is 13.6. The molecule has 1 aromatic heterocycles. The van der Waals surface area contributed by atoms with Crippen molar-refractivity contribution in [1.82, 2.24) is 9.55 Å². The molecule has 8 heteroatoms. The van der Waals surface area contributed by atoms with Gasteiger partial charge >= 0.3 is 5.69 Å². The Morgan fingerprint density at radius 1 is 1.05 bits per heavy atom. The highest BCUT2D eigenvalue weighted by atomic mass is 19.1. The van der Waals surface area contributed by atoms with Crippen LogP contribution in [0.2, 0.25) is 0 Å². The van der Waals surface area contributed by atoms with Gasteiger partial charge in [0.15, 0.2) is 12.4 Å². The lowest BCUT2D eigenvalue weighted by Gasteiger charge is -2.37. The summed E-state index contributed by atoms with van der Waals surface area (Å²) >= 11 is 0. The quantitative estimate of drug-likeness (QED) is 0.196. The third-order valence-corrected chi connectivity index (χ3v) is 7.91. The minimum atomic E-state index is -1.81. The highest BCUT2D eigenvalue weighted by molar-refractivity contribution is 5.58. The fraction of sp³-hybridized carbons (Fsp3) is 0.273. The summed E-state index contributed by atoms with van der Waals surface area (Å²) in [5, 5.41) is 14.2. The van der Waals surface area contributed by atoms with E-state index in [-0.39, 0.29) is 12.2 Å². The first kappa shape index (κ1) is 28.3. The maximum atomic E-state index is 15.3. The molecule has 212 valence electrons. The summed E-state index contributed by atoms with van der Waals surface area (Å²) in [6.45, 7) is 5.52. The molecule has 0 amide bonds. The number of hydrogen-bond donors (Lipinski definition) is 2. The lowest BCUT2D eigenvalue weighted by molar-refractivity contribution is -0.104. The molecule has 0 spiro atoms. The van der Waals surface area contributed by atoms with E-state index in [2.05, 4.69) is 16.9 Å². The largest absolute Gasteiger partial charge is 0.497 e. The Morgan fingerprint density at radius 2 is 1.63 bits per heavy atom. The third-order valence-electron chi connectivity index (χ3n) is 7.91. The highest BCUT2D eigenvalue weighted by Gasteiger charge is 2.54. The Morgan fingerprint density at radius 3 is 2.15 bits per heavy atom. The van der Waals surface area contributed by atoms with Gasteiger partial charge in [0, 0.05) is 6.20 Å². The molecule has 2 N–H and O–H groups in total. The Labute approximate surface area is 238 Å². The second-order valence-corrected chi connectivity index (χ2v) is 10.1. The average molecular weight is 556 g/mol. The summed E-state index contributed by atoms with van der Waals surface area (Å²) in [6, 6.07) is 29.1. The molecule has 4 atom stereocenters. The molecule has 0 aliphatic carbocycles. The lowest BCUT2D eigenvalue weighted by atomic mass is 9.77. The molecular weight excluding hydrogens is 521 g/mol. The highest BCUT2D eigenvalue weighted by Crippen LogP contribution is 2.43. The van der Waals surface area contributed by atoms with Crippen LogP contribution in [-0.4, -0.2) is 39.6 Å². The van der Waals surface area contributed by atoms with Gasteiger partial charge in [-0.15, -0.1) is 6.58 Å². The number of halogens is 1. The van der Waals surface area contributed by atoms with Gasteiger partial charge in [-0.05, 0) is 47.7 Å².